The van der Waals surface area contributed by atoms with E-state index in [2.05, 4.69) is 5.32 Å². The van der Waals surface area contributed by atoms with Crippen molar-refractivity contribution in [2.75, 3.05) is 19.7 Å². The van der Waals surface area contributed by atoms with E-state index in [4.69, 9.17) is 5.11 Å². The number of hydrogen-bond acceptors (Lipinski definition) is 3. The number of carbonyl (C=O) groups is 1. The van der Waals surface area contributed by atoms with Gasteiger partial charge in [0.1, 0.15) is 0 Å². The van der Waals surface area contributed by atoms with Crippen LogP contribution in [0.4, 0.5) is 0 Å². The van der Waals surface area contributed by atoms with E-state index in [1.807, 2.05) is 4.90 Å². The van der Waals surface area contributed by atoms with Crippen LogP contribution in [0.2, 0.25) is 0 Å². The van der Waals surface area contributed by atoms with Gasteiger partial charge < -0.3 is 15.3 Å². The number of likely N-dealkylation sites (tertiary alicyclic amines) is 1. The Bertz CT molecular complexity index is 216. The molecule has 1 saturated heterocycles. The fourth-order valence-corrected chi connectivity index (χ4v) is 1.97. The maximum Gasteiger partial charge on any atom is 0.236 e. The highest BCUT2D eigenvalue weighted by atomic mass is 16.3. The first-order chi connectivity index (χ1) is 6.81. The molecule has 1 saturated carbocycles. The van der Waals surface area contributed by atoms with Gasteiger partial charge in [0.05, 0.1) is 19.2 Å². The molecule has 1 atom stereocenters. The van der Waals surface area contributed by atoms with Crippen molar-refractivity contribution >= 4 is 5.91 Å². The van der Waals surface area contributed by atoms with Crippen molar-refractivity contribution in [3.8, 4) is 0 Å². The third-order valence-electron chi connectivity index (χ3n) is 3.03. The van der Waals surface area contributed by atoms with Crippen LogP contribution in [0, 0.1) is 0 Å². The minimum Gasteiger partial charge on any atom is -0.394 e. The summed E-state index contributed by atoms with van der Waals surface area (Å²) in [5.74, 6) is 0.147. The average molecular weight is 198 g/mol. The summed E-state index contributed by atoms with van der Waals surface area (Å²) in [6.07, 6.45) is 4.39. The zero-order chi connectivity index (χ0) is 9.97. The highest BCUT2D eigenvalue weighted by molar-refractivity contribution is 5.79. The molecule has 1 unspecified atom stereocenters. The van der Waals surface area contributed by atoms with Crippen LogP contribution >= 0.6 is 0 Å². The van der Waals surface area contributed by atoms with Crippen LogP contribution in [0.5, 0.6) is 0 Å². The zero-order valence-electron chi connectivity index (χ0n) is 8.41. The Morgan fingerprint density at radius 3 is 2.86 bits per heavy atom. The molecule has 0 radical (unpaired) electrons. The first-order valence-corrected chi connectivity index (χ1v) is 5.45. The molecule has 0 aromatic rings. The molecule has 14 heavy (non-hydrogen) atoms. The molecule has 2 rings (SSSR count). The van der Waals surface area contributed by atoms with Gasteiger partial charge in [0.2, 0.25) is 5.91 Å². The van der Waals surface area contributed by atoms with Crippen molar-refractivity contribution in [3.63, 3.8) is 0 Å². The smallest absolute Gasteiger partial charge is 0.236 e. The molecule has 0 aromatic carbocycles. The van der Waals surface area contributed by atoms with Crippen molar-refractivity contribution in [2.45, 2.75) is 37.8 Å². The van der Waals surface area contributed by atoms with E-state index in [1.165, 1.54) is 12.8 Å². The number of nitrogens with zero attached hydrogens (tertiary/aromatic N) is 1. The third kappa shape index (κ3) is 2.25. The zero-order valence-corrected chi connectivity index (χ0v) is 8.41. The number of nitrogens with one attached hydrogen (secondary N) is 1. The Morgan fingerprint density at radius 1 is 1.43 bits per heavy atom. The molecule has 80 valence electrons. The number of carbonyl (C=O) groups excluding carboxylic acids is 1. The van der Waals surface area contributed by atoms with E-state index >= 15 is 0 Å². The van der Waals surface area contributed by atoms with Gasteiger partial charge in [0.25, 0.3) is 0 Å². The van der Waals surface area contributed by atoms with Crippen LogP contribution in [-0.2, 0) is 4.79 Å². The molecule has 4 nitrogen and oxygen atoms in total. The molecule has 0 aromatic heterocycles. The molecular weight excluding hydrogens is 180 g/mol. The lowest BCUT2D eigenvalue weighted by Crippen LogP contribution is -2.42. The van der Waals surface area contributed by atoms with E-state index in [0.29, 0.717) is 12.6 Å². The van der Waals surface area contributed by atoms with Crippen LogP contribution in [0.3, 0.4) is 0 Å². The summed E-state index contributed by atoms with van der Waals surface area (Å²) in [6.45, 7) is 1.37. The summed E-state index contributed by atoms with van der Waals surface area (Å²) in [5, 5.41) is 12.3. The van der Waals surface area contributed by atoms with Crippen molar-refractivity contribution in [1.29, 1.82) is 0 Å². The summed E-state index contributed by atoms with van der Waals surface area (Å²) in [7, 11) is 0. The molecule has 1 aliphatic carbocycles. The fraction of sp³-hybridized carbons (Fsp3) is 0.900. The number of aliphatic hydroxyl groups is 1. The number of rotatable bonds is 4. The lowest BCUT2D eigenvalue weighted by Gasteiger charge is -2.23. The van der Waals surface area contributed by atoms with Gasteiger partial charge in [-0.05, 0) is 25.7 Å². The van der Waals surface area contributed by atoms with Crippen molar-refractivity contribution in [3.05, 3.63) is 0 Å². The minimum atomic E-state index is 0.0727. The Kier molecular flexibility index (Phi) is 3.03. The number of aliphatic hydroxyl groups excluding tert-OH is 1. The monoisotopic (exact) mass is 198 g/mol. The summed E-state index contributed by atoms with van der Waals surface area (Å²) in [6, 6.07) is 0.651. The molecule has 0 spiro atoms. The van der Waals surface area contributed by atoms with E-state index in [0.717, 1.165) is 19.4 Å². The Morgan fingerprint density at radius 2 is 2.21 bits per heavy atom. The molecule has 1 heterocycles. The Labute approximate surface area is 84.3 Å². The van der Waals surface area contributed by atoms with Crippen LogP contribution in [-0.4, -0.2) is 47.7 Å². The summed E-state index contributed by atoms with van der Waals surface area (Å²) in [4.78, 5) is 13.5. The second-order valence-electron chi connectivity index (χ2n) is 4.22. The first kappa shape index (κ1) is 9.93. The van der Waals surface area contributed by atoms with Gasteiger partial charge in [0.15, 0.2) is 0 Å². The first-order valence-electron chi connectivity index (χ1n) is 5.45. The Balaban J connectivity index is 1.76. The van der Waals surface area contributed by atoms with Crippen molar-refractivity contribution in [1.82, 2.24) is 10.2 Å². The highest BCUT2D eigenvalue weighted by Gasteiger charge is 2.29. The predicted molar refractivity (Wildman–Crippen MR) is 52.8 cm³/mol. The Hall–Kier alpha value is -0.610. The fourth-order valence-electron chi connectivity index (χ4n) is 1.97. The largest absolute Gasteiger partial charge is 0.394 e. The van der Waals surface area contributed by atoms with Gasteiger partial charge in [-0.15, -0.1) is 0 Å². The maximum absolute atomic E-state index is 11.7. The van der Waals surface area contributed by atoms with E-state index in [1.54, 1.807) is 0 Å². The minimum absolute atomic E-state index is 0.0727. The molecule has 4 heteroatoms. The van der Waals surface area contributed by atoms with Gasteiger partial charge in [-0.25, -0.2) is 0 Å². The van der Waals surface area contributed by atoms with Gasteiger partial charge >= 0.3 is 0 Å². The molecule has 0 bridgehead atoms. The van der Waals surface area contributed by atoms with E-state index in [-0.39, 0.29) is 18.6 Å². The van der Waals surface area contributed by atoms with Crippen LogP contribution in [0.15, 0.2) is 0 Å². The summed E-state index contributed by atoms with van der Waals surface area (Å²) < 4.78 is 0. The topological polar surface area (TPSA) is 52.6 Å². The van der Waals surface area contributed by atoms with E-state index in [9.17, 15) is 4.79 Å². The highest BCUT2D eigenvalue weighted by Crippen LogP contribution is 2.19. The van der Waals surface area contributed by atoms with Gasteiger partial charge in [0, 0.05) is 12.6 Å². The van der Waals surface area contributed by atoms with Gasteiger partial charge in [-0.3, -0.25) is 4.79 Å². The summed E-state index contributed by atoms with van der Waals surface area (Å²) >= 11 is 0. The van der Waals surface area contributed by atoms with Crippen molar-refractivity contribution in [2.24, 2.45) is 0 Å². The SMILES string of the molecule is O=C(CNC1CC1)N1CCCC1CO. The molecule has 2 N–H and O–H groups in total. The molecule has 1 amide bonds. The number of hydrogen-bond donors (Lipinski definition) is 2. The molecule has 2 aliphatic rings. The number of amides is 1. The van der Waals surface area contributed by atoms with Crippen molar-refractivity contribution < 1.29 is 9.90 Å². The normalized spacial score (nSPS) is 26.9. The second-order valence-corrected chi connectivity index (χ2v) is 4.22. The van der Waals surface area contributed by atoms with E-state index < -0.39 is 0 Å². The average Bonchev–Trinajstić information content (AvgIpc) is 2.90. The quantitative estimate of drug-likeness (QED) is 0.653. The van der Waals surface area contributed by atoms with Gasteiger partial charge in [-0.2, -0.15) is 0 Å². The third-order valence-corrected chi connectivity index (χ3v) is 3.03. The molecule has 2 fully saturated rings. The summed E-state index contributed by atoms with van der Waals surface area (Å²) in [5.41, 5.74) is 0. The standard InChI is InChI=1S/C10H18N2O2/c13-7-9-2-1-5-12(9)10(14)6-11-8-3-4-8/h8-9,11,13H,1-7H2. The lowest BCUT2D eigenvalue weighted by atomic mass is 10.2. The van der Waals surface area contributed by atoms with Gasteiger partial charge in [-0.1, -0.05) is 0 Å². The molecular formula is C10H18N2O2. The second kappa shape index (κ2) is 4.28. The molecule has 1 aliphatic heterocycles. The van der Waals surface area contributed by atoms with Crippen LogP contribution in [0.25, 0.3) is 0 Å². The van der Waals surface area contributed by atoms with Crippen LogP contribution < -0.4 is 5.32 Å². The lowest BCUT2D eigenvalue weighted by molar-refractivity contribution is -0.131. The maximum atomic E-state index is 11.7. The van der Waals surface area contributed by atoms with Crippen LogP contribution in [0.1, 0.15) is 25.7 Å². The predicted octanol–water partition coefficient (Wildman–Crippen LogP) is -0.278.